The van der Waals surface area contributed by atoms with Gasteiger partial charge >= 0.3 is 0 Å². The molecular formula is C9H25Cl2N5. The van der Waals surface area contributed by atoms with Crippen molar-refractivity contribution in [2.75, 3.05) is 32.6 Å². The quantitative estimate of drug-likeness (QED) is 0.438. The predicted molar refractivity (Wildman–Crippen MR) is 80.1 cm³/mol. The molecule has 16 heavy (non-hydrogen) atoms. The molecule has 0 aliphatic rings. The Morgan fingerprint density at radius 2 is 0.688 bits per heavy atom. The Bertz CT molecular complexity index is 161. The van der Waals surface area contributed by atoms with E-state index in [1.54, 1.807) is 24.3 Å². The zero-order valence-electron chi connectivity index (χ0n) is 10.0. The van der Waals surface area contributed by atoms with Crippen LogP contribution < -0.4 is 28.7 Å². The second kappa shape index (κ2) is 29.2. The summed E-state index contributed by atoms with van der Waals surface area (Å²) in [4.78, 5) is 0. The van der Waals surface area contributed by atoms with Crippen LogP contribution in [-0.2, 0) is 0 Å². The van der Waals surface area contributed by atoms with E-state index in [4.69, 9.17) is 11.5 Å². The highest BCUT2D eigenvalue weighted by Crippen LogP contribution is 2.04. The van der Waals surface area contributed by atoms with E-state index >= 15 is 0 Å². The molecule has 0 aliphatic heterocycles. The zero-order chi connectivity index (χ0) is 12.0. The van der Waals surface area contributed by atoms with E-state index in [0.717, 1.165) is 11.4 Å². The highest BCUT2D eigenvalue weighted by molar-refractivity contribution is 5.85. The molecule has 1 aromatic rings. The van der Waals surface area contributed by atoms with Gasteiger partial charge in [0.2, 0.25) is 0 Å². The smallest absolute Gasteiger partial charge is 0.0315 e. The van der Waals surface area contributed by atoms with E-state index in [2.05, 4.69) is 17.2 Å². The highest BCUT2D eigenvalue weighted by atomic mass is 35.5. The fourth-order valence-electron chi connectivity index (χ4n) is 0.496. The molecule has 0 bridgehead atoms. The van der Waals surface area contributed by atoms with Crippen molar-refractivity contribution >= 4 is 36.2 Å². The summed E-state index contributed by atoms with van der Waals surface area (Å²) in [6, 6.07) is 7.09. The van der Waals surface area contributed by atoms with E-state index < -0.39 is 0 Å². The molecule has 0 radical (unpaired) electrons. The van der Waals surface area contributed by atoms with Crippen LogP contribution in [0.1, 0.15) is 0 Å². The molecule has 0 saturated carbocycles. The Kier molecular flexibility index (Phi) is 53.9. The van der Waals surface area contributed by atoms with E-state index in [1.807, 2.05) is 0 Å². The summed E-state index contributed by atoms with van der Waals surface area (Å²) in [6.07, 6.45) is 0. The maximum atomic E-state index is 5.37. The van der Waals surface area contributed by atoms with Crippen LogP contribution in [0.4, 0.5) is 11.4 Å². The first kappa shape index (κ1) is 29.5. The number of rotatable bonds is 0. The first-order valence-electron chi connectivity index (χ1n) is 4.13. The van der Waals surface area contributed by atoms with Crippen molar-refractivity contribution in [3.8, 4) is 0 Å². The van der Waals surface area contributed by atoms with Crippen LogP contribution in [-0.4, -0.2) is 21.1 Å². The van der Waals surface area contributed by atoms with Crippen LogP contribution in [0.3, 0.4) is 0 Å². The minimum Gasteiger partial charge on any atom is -0.399 e. The van der Waals surface area contributed by atoms with Gasteiger partial charge in [-0.05, 0) is 45.4 Å². The monoisotopic (exact) mass is 273 g/mol. The molecular weight excluding hydrogens is 249 g/mol. The van der Waals surface area contributed by atoms with Gasteiger partial charge in [0.1, 0.15) is 0 Å². The van der Waals surface area contributed by atoms with Gasteiger partial charge in [-0.25, -0.2) is 0 Å². The van der Waals surface area contributed by atoms with Gasteiger partial charge in [0.25, 0.3) is 0 Å². The van der Waals surface area contributed by atoms with Gasteiger partial charge in [-0.2, -0.15) is 0 Å². The van der Waals surface area contributed by atoms with Crippen molar-refractivity contribution in [1.82, 2.24) is 0 Å². The Morgan fingerprint density at radius 1 is 0.562 bits per heavy atom. The van der Waals surface area contributed by atoms with Crippen molar-refractivity contribution in [2.24, 2.45) is 17.2 Å². The number of hydrogen-bond donors (Lipinski definition) is 5. The molecule has 5 nitrogen and oxygen atoms in total. The first-order valence-corrected chi connectivity index (χ1v) is 4.13. The van der Waals surface area contributed by atoms with Gasteiger partial charge < -0.3 is 28.7 Å². The Morgan fingerprint density at radius 3 is 0.812 bits per heavy atom. The lowest BCUT2D eigenvalue weighted by molar-refractivity contribution is 1.48. The number of hydrogen-bond acceptors (Lipinski definition) is 5. The third kappa shape index (κ3) is 23.3. The van der Waals surface area contributed by atoms with Crippen LogP contribution >= 0.6 is 24.8 Å². The van der Waals surface area contributed by atoms with E-state index in [1.165, 1.54) is 21.1 Å². The lowest BCUT2D eigenvalue weighted by atomic mass is 10.3. The maximum absolute atomic E-state index is 5.37. The average molecular weight is 274 g/mol. The Labute approximate surface area is 111 Å². The largest absolute Gasteiger partial charge is 0.399 e. The molecule has 0 heterocycles. The molecule has 7 heteroatoms. The van der Waals surface area contributed by atoms with Gasteiger partial charge in [0, 0.05) is 11.4 Å². The standard InChI is InChI=1S/C6H8N2.3CH5N.2ClH/c7-5-1-2-6(8)4-3-5;3*1-2;;/h1-4H,7-8H2;3*2H2,1H3;2*1H. The van der Waals surface area contributed by atoms with Gasteiger partial charge in [0.15, 0.2) is 0 Å². The topological polar surface area (TPSA) is 130 Å². The summed E-state index contributed by atoms with van der Waals surface area (Å²) in [7, 11) is 4.50. The van der Waals surface area contributed by atoms with E-state index in [9.17, 15) is 0 Å². The summed E-state index contributed by atoms with van der Waals surface area (Å²) in [5, 5.41) is 0. The van der Waals surface area contributed by atoms with Crippen LogP contribution in [0.5, 0.6) is 0 Å². The lowest BCUT2D eigenvalue weighted by Gasteiger charge is -1.90. The molecule has 0 fully saturated rings. The van der Waals surface area contributed by atoms with Crippen molar-refractivity contribution in [1.29, 1.82) is 0 Å². The molecule has 0 amide bonds. The predicted octanol–water partition coefficient (Wildman–Crippen LogP) is 0.419. The lowest BCUT2D eigenvalue weighted by Crippen LogP contribution is -1.86. The summed E-state index contributed by atoms with van der Waals surface area (Å²) >= 11 is 0. The van der Waals surface area contributed by atoms with Crippen molar-refractivity contribution < 1.29 is 0 Å². The average Bonchev–Trinajstić information content (AvgIpc) is 2.31. The van der Waals surface area contributed by atoms with Crippen molar-refractivity contribution in [2.45, 2.75) is 0 Å². The minimum atomic E-state index is 0. The van der Waals surface area contributed by atoms with Crippen LogP contribution in [0.2, 0.25) is 0 Å². The normalized spacial score (nSPS) is 5.62. The Hall–Kier alpha value is -0.720. The number of halogens is 2. The molecule has 0 atom stereocenters. The first-order chi connectivity index (χ1) is 6.79. The maximum Gasteiger partial charge on any atom is 0.0315 e. The van der Waals surface area contributed by atoms with Gasteiger partial charge in [0.05, 0.1) is 0 Å². The Balaban J connectivity index is -0.0000000445. The molecule has 0 aromatic heterocycles. The minimum absolute atomic E-state index is 0. The van der Waals surface area contributed by atoms with Crippen LogP contribution in [0.25, 0.3) is 0 Å². The second-order valence-electron chi connectivity index (χ2n) is 1.67. The van der Waals surface area contributed by atoms with Crippen LogP contribution in [0.15, 0.2) is 24.3 Å². The van der Waals surface area contributed by atoms with Gasteiger partial charge in [-0.1, -0.05) is 0 Å². The van der Waals surface area contributed by atoms with Crippen molar-refractivity contribution in [3.63, 3.8) is 0 Å². The molecule has 0 spiro atoms. The number of nitrogen functional groups attached to an aromatic ring is 2. The SMILES string of the molecule is CN.CN.CN.Cl.Cl.Nc1ccc(N)cc1. The fourth-order valence-corrected chi connectivity index (χ4v) is 0.496. The highest BCUT2D eigenvalue weighted by Gasteiger charge is 1.80. The van der Waals surface area contributed by atoms with Gasteiger partial charge in [-0.3, -0.25) is 0 Å². The molecule has 10 N–H and O–H groups in total. The van der Waals surface area contributed by atoms with Crippen LogP contribution in [0, 0.1) is 0 Å². The zero-order valence-corrected chi connectivity index (χ0v) is 11.6. The van der Waals surface area contributed by atoms with Gasteiger partial charge in [-0.15, -0.1) is 24.8 Å². The summed E-state index contributed by atoms with van der Waals surface area (Å²) in [5.41, 5.74) is 25.7. The summed E-state index contributed by atoms with van der Waals surface area (Å²) < 4.78 is 0. The number of nitrogens with two attached hydrogens (primary N) is 5. The molecule has 1 rings (SSSR count). The molecule has 100 valence electrons. The third-order valence-electron chi connectivity index (χ3n) is 0.936. The number of benzene rings is 1. The summed E-state index contributed by atoms with van der Waals surface area (Å²) in [5.74, 6) is 0. The van der Waals surface area contributed by atoms with Crippen molar-refractivity contribution in [3.05, 3.63) is 24.3 Å². The summed E-state index contributed by atoms with van der Waals surface area (Å²) in [6.45, 7) is 0. The molecule has 1 aromatic carbocycles. The third-order valence-corrected chi connectivity index (χ3v) is 0.936. The fraction of sp³-hybridized carbons (Fsp3) is 0.333. The van der Waals surface area contributed by atoms with E-state index in [0.29, 0.717) is 0 Å². The number of anilines is 2. The second-order valence-corrected chi connectivity index (χ2v) is 1.67. The molecule has 0 aliphatic carbocycles. The molecule has 0 saturated heterocycles. The van der Waals surface area contributed by atoms with E-state index in [-0.39, 0.29) is 24.8 Å². The molecule has 0 unspecified atom stereocenters.